The van der Waals surface area contributed by atoms with Crippen molar-refractivity contribution in [1.29, 1.82) is 0 Å². The molecule has 0 saturated carbocycles. The minimum Gasteiger partial charge on any atom is -0.493 e. The zero-order valence-corrected chi connectivity index (χ0v) is 57.6. The van der Waals surface area contributed by atoms with E-state index in [1.807, 2.05) is 206 Å². The van der Waals surface area contributed by atoms with Crippen LogP contribution in [-0.4, -0.2) is 122 Å². The quantitative estimate of drug-likeness (QED) is 0.0271. The molecule has 0 saturated heterocycles. The smallest absolute Gasteiger partial charge is 0.121 e. The zero-order valence-electron chi connectivity index (χ0n) is 57.6. The van der Waals surface area contributed by atoms with E-state index in [0.717, 1.165) is 106 Å². The number of hydrogen-bond acceptors (Lipinski definition) is 16. The van der Waals surface area contributed by atoms with Crippen molar-refractivity contribution < 1.29 is 56.8 Å². The Morgan fingerprint density at radius 1 is 0.223 bits per heavy atom. The number of nitrogens with one attached hydrogen (secondary N) is 4. The van der Waals surface area contributed by atoms with Gasteiger partial charge in [0.1, 0.15) is 34.5 Å². The van der Waals surface area contributed by atoms with E-state index >= 15 is 0 Å². The SMILES string of the molecule is COCC(C)(C)COc1cccc(Nc2cccc(OCC(C)(C)COC)c2)c1.COCC(C)(C)COc1cccc(Nc2ccccc2)c1.COCCCOc1cccc(Nc2cccc(OCCCOC)c2)c1.COCCCOc1cccc(Nc2ccccc2)c1. The fourth-order valence-corrected chi connectivity index (χ4v) is 9.00. The van der Waals surface area contributed by atoms with Crippen LogP contribution in [0.4, 0.5) is 45.5 Å². The molecule has 16 nitrogen and oxygen atoms in total. The summed E-state index contributed by atoms with van der Waals surface area (Å²) >= 11 is 0. The molecule has 0 aliphatic rings. The van der Waals surface area contributed by atoms with Crippen LogP contribution in [0.5, 0.6) is 34.5 Å². The molecule has 0 fully saturated rings. The molecule has 0 amide bonds. The predicted octanol–water partition coefficient (Wildman–Crippen LogP) is 18.1. The molecule has 4 N–H and O–H groups in total. The van der Waals surface area contributed by atoms with Crippen molar-refractivity contribution >= 4 is 45.5 Å². The lowest BCUT2D eigenvalue weighted by Gasteiger charge is -2.24. The van der Waals surface area contributed by atoms with Gasteiger partial charge in [0.15, 0.2) is 0 Å². The molecule has 0 aromatic heterocycles. The second kappa shape index (κ2) is 43.4. The average molecular weight is 1290 g/mol. The summed E-state index contributed by atoms with van der Waals surface area (Å²) in [6.07, 6.45) is 2.64. The van der Waals surface area contributed by atoms with Crippen molar-refractivity contribution in [3.05, 3.63) is 206 Å². The Morgan fingerprint density at radius 2 is 0.436 bits per heavy atom. The maximum atomic E-state index is 5.97. The van der Waals surface area contributed by atoms with Crippen molar-refractivity contribution in [3.8, 4) is 34.5 Å². The summed E-state index contributed by atoms with van der Waals surface area (Å²) < 4.78 is 65.7. The Labute approximate surface area is 560 Å². The van der Waals surface area contributed by atoms with E-state index in [1.54, 1.807) is 42.7 Å². The van der Waals surface area contributed by atoms with Gasteiger partial charge in [-0.25, -0.2) is 0 Å². The number of anilines is 8. The highest BCUT2D eigenvalue weighted by molar-refractivity contribution is 5.65. The molecular weight excluding hydrogens is 1180 g/mol. The number of benzene rings is 8. The van der Waals surface area contributed by atoms with Gasteiger partial charge in [0.05, 0.1) is 59.5 Å². The van der Waals surface area contributed by atoms with Crippen molar-refractivity contribution in [2.75, 3.05) is 143 Å². The second-order valence-electron chi connectivity index (χ2n) is 24.6. The van der Waals surface area contributed by atoms with Gasteiger partial charge in [-0.05, 0) is 97.1 Å². The standard InChI is InChI=1S/C24H35NO4.C20H27NO4.C18H23NO2.C16H19NO2/c1-23(2,15-26-5)17-28-21-11-7-9-19(13-21)25-20-10-8-12-22(14-20)29-18-24(3,4)16-27-6;1-22-11-5-13-24-19-9-3-7-17(15-19)21-18-8-4-10-20(16-18)25-14-6-12-23-2;1-18(2,13-20-3)14-21-17-11-7-10-16(12-17)19-15-8-5-4-6-9-15;1-18-11-6-12-19-16-10-5-9-15(13-16)17-14-7-3-2-4-8-14/h7-14,25H,15-18H2,1-6H3;3-4,7-10,15-16,21H,5-6,11-14H2,1-2H3;4-12,19H,13-14H2,1-3H3;2-5,7-10,13,17H,6,11-12H2,1H3. The summed E-state index contributed by atoms with van der Waals surface area (Å²) in [6, 6.07) is 67.9. The molecule has 0 heterocycles. The van der Waals surface area contributed by atoms with Gasteiger partial charge in [0, 0.05) is 180 Å². The molecule has 16 heteroatoms. The molecule has 0 radical (unpaired) electrons. The summed E-state index contributed by atoms with van der Waals surface area (Å²) in [7, 11) is 10.2. The fraction of sp³-hybridized carbons (Fsp3) is 0.385. The Bertz CT molecular complexity index is 3160. The van der Waals surface area contributed by atoms with Gasteiger partial charge in [0.25, 0.3) is 0 Å². The topological polar surface area (TPSA) is 159 Å². The molecule has 0 bridgehead atoms. The Hall–Kier alpha value is -8.48. The van der Waals surface area contributed by atoms with Crippen LogP contribution in [0.2, 0.25) is 0 Å². The molecule has 508 valence electrons. The summed E-state index contributed by atoms with van der Waals surface area (Å²) in [5.74, 6) is 5.07. The summed E-state index contributed by atoms with van der Waals surface area (Å²) in [6.45, 7) is 20.6. The molecule has 8 aromatic rings. The largest absolute Gasteiger partial charge is 0.493 e. The van der Waals surface area contributed by atoms with E-state index in [2.05, 4.69) is 62.8 Å². The first-order valence-corrected chi connectivity index (χ1v) is 32.0. The Morgan fingerprint density at radius 3 is 0.660 bits per heavy atom. The van der Waals surface area contributed by atoms with Crippen LogP contribution in [0.15, 0.2) is 206 Å². The van der Waals surface area contributed by atoms with E-state index in [9.17, 15) is 0 Å². The van der Waals surface area contributed by atoms with Gasteiger partial charge < -0.3 is 78.1 Å². The Kier molecular flexibility index (Phi) is 35.2. The first-order valence-electron chi connectivity index (χ1n) is 32.0. The Balaban J connectivity index is 0.000000230. The minimum atomic E-state index is -0.0412. The third kappa shape index (κ3) is 32.9. The third-order valence-corrected chi connectivity index (χ3v) is 13.5. The number of ether oxygens (including phenoxy) is 12. The van der Waals surface area contributed by atoms with Gasteiger partial charge in [-0.15, -0.1) is 0 Å². The molecule has 0 atom stereocenters. The van der Waals surface area contributed by atoms with E-state index in [4.69, 9.17) is 56.8 Å². The first kappa shape index (κ1) is 76.2. The van der Waals surface area contributed by atoms with E-state index in [-0.39, 0.29) is 16.2 Å². The van der Waals surface area contributed by atoms with Crippen molar-refractivity contribution in [2.24, 2.45) is 16.2 Å². The first-order chi connectivity index (χ1) is 45.5. The maximum Gasteiger partial charge on any atom is 0.121 e. The zero-order chi connectivity index (χ0) is 67.5. The van der Waals surface area contributed by atoms with Gasteiger partial charge in [-0.3, -0.25) is 0 Å². The van der Waals surface area contributed by atoms with Crippen LogP contribution in [0.3, 0.4) is 0 Å². The highest BCUT2D eigenvalue weighted by Gasteiger charge is 2.21. The number of rotatable bonds is 38. The van der Waals surface area contributed by atoms with Crippen LogP contribution in [0.25, 0.3) is 0 Å². The van der Waals surface area contributed by atoms with Crippen molar-refractivity contribution in [1.82, 2.24) is 0 Å². The van der Waals surface area contributed by atoms with Gasteiger partial charge >= 0.3 is 0 Å². The second-order valence-corrected chi connectivity index (χ2v) is 24.6. The summed E-state index contributed by atoms with van der Waals surface area (Å²) in [5, 5.41) is 13.5. The number of para-hydroxylation sites is 2. The molecule has 8 aromatic carbocycles. The monoisotopic (exact) mass is 1290 g/mol. The average Bonchev–Trinajstić information content (AvgIpc) is 1.26. The van der Waals surface area contributed by atoms with Gasteiger partial charge in [-0.1, -0.05) is 114 Å². The molecule has 0 spiro atoms. The molecule has 0 aliphatic carbocycles. The predicted molar refractivity (Wildman–Crippen MR) is 384 cm³/mol. The van der Waals surface area contributed by atoms with Crippen LogP contribution in [0.1, 0.15) is 60.8 Å². The lowest BCUT2D eigenvalue weighted by Crippen LogP contribution is -2.26. The number of hydrogen-bond donors (Lipinski definition) is 4. The van der Waals surface area contributed by atoms with Crippen molar-refractivity contribution in [2.45, 2.75) is 60.8 Å². The van der Waals surface area contributed by atoms with Crippen LogP contribution >= 0.6 is 0 Å². The van der Waals surface area contributed by atoms with Crippen LogP contribution < -0.4 is 49.7 Å². The van der Waals surface area contributed by atoms with Crippen LogP contribution in [-0.2, 0) is 28.4 Å². The normalized spacial score (nSPS) is 11.0. The summed E-state index contributed by atoms with van der Waals surface area (Å²) in [4.78, 5) is 0. The maximum absolute atomic E-state index is 5.97. The summed E-state index contributed by atoms with van der Waals surface area (Å²) in [5.41, 5.74) is 7.96. The third-order valence-electron chi connectivity index (χ3n) is 13.5. The molecule has 0 unspecified atom stereocenters. The molecular formula is C78H104N4O12. The van der Waals surface area contributed by atoms with Gasteiger partial charge in [-0.2, -0.15) is 0 Å². The minimum absolute atomic E-state index is 0.00237. The van der Waals surface area contributed by atoms with E-state index in [0.29, 0.717) is 72.7 Å². The van der Waals surface area contributed by atoms with E-state index < -0.39 is 0 Å². The lowest BCUT2D eigenvalue weighted by molar-refractivity contribution is 0.0644. The molecule has 8 rings (SSSR count). The van der Waals surface area contributed by atoms with E-state index in [1.165, 1.54) is 0 Å². The highest BCUT2D eigenvalue weighted by atomic mass is 16.5. The van der Waals surface area contributed by atoms with Gasteiger partial charge in [0.2, 0.25) is 0 Å². The van der Waals surface area contributed by atoms with Crippen LogP contribution in [0, 0.1) is 16.2 Å². The molecule has 0 aliphatic heterocycles. The lowest BCUT2D eigenvalue weighted by atomic mass is 9.96. The number of methoxy groups -OCH3 is 6. The molecule has 94 heavy (non-hydrogen) atoms. The highest BCUT2D eigenvalue weighted by Crippen LogP contribution is 2.30. The fourth-order valence-electron chi connectivity index (χ4n) is 9.00. The van der Waals surface area contributed by atoms with Crippen molar-refractivity contribution in [3.63, 3.8) is 0 Å².